The zero-order valence-electron chi connectivity index (χ0n) is 15.4. The Hall–Kier alpha value is -2.24. The molecule has 0 unspecified atom stereocenters. The fraction of sp³-hybridized carbons (Fsp3) is 0.579. The molecule has 1 aliphatic rings. The first-order chi connectivity index (χ1) is 12.0. The van der Waals surface area contributed by atoms with E-state index in [0.717, 1.165) is 29.7 Å². The lowest BCUT2D eigenvalue weighted by atomic mass is 10.1. The zero-order chi connectivity index (χ0) is 18.2. The molecule has 2 amide bonds. The summed E-state index contributed by atoms with van der Waals surface area (Å²) in [6.45, 7) is 8.54. The maximum Gasteiger partial charge on any atom is 0.409 e. The highest BCUT2D eigenvalue weighted by molar-refractivity contribution is 5.78. The van der Waals surface area contributed by atoms with Crippen LogP contribution in [0.2, 0.25) is 0 Å². The number of rotatable bonds is 6. The number of unbranched alkanes of at least 4 members (excludes halogenated alkanes) is 1. The second-order valence-electron chi connectivity index (χ2n) is 6.39. The third-order valence-corrected chi connectivity index (χ3v) is 4.30. The Morgan fingerprint density at radius 1 is 1.08 bits per heavy atom. The van der Waals surface area contributed by atoms with Crippen LogP contribution in [0.15, 0.2) is 18.2 Å². The number of aryl methyl sites for hydroxylation is 2. The van der Waals surface area contributed by atoms with Crippen molar-refractivity contribution >= 4 is 12.0 Å². The van der Waals surface area contributed by atoms with Crippen molar-refractivity contribution in [2.75, 3.05) is 39.4 Å². The summed E-state index contributed by atoms with van der Waals surface area (Å²) >= 11 is 0. The molecule has 0 aliphatic carbocycles. The van der Waals surface area contributed by atoms with Crippen LogP contribution in [-0.2, 0) is 9.53 Å². The molecule has 1 aliphatic heterocycles. The van der Waals surface area contributed by atoms with E-state index in [0.29, 0.717) is 32.8 Å². The van der Waals surface area contributed by atoms with E-state index in [1.807, 2.05) is 32.0 Å². The highest BCUT2D eigenvalue weighted by Crippen LogP contribution is 2.18. The van der Waals surface area contributed by atoms with Crippen molar-refractivity contribution in [3.8, 4) is 5.75 Å². The molecule has 138 valence electrons. The molecule has 0 N–H and O–H groups in total. The van der Waals surface area contributed by atoms with E-state index in [4.69, 9.17) is 9.47 Å². The van der Waals surface area contributed by atoms with Gasteiger partial charge in [-0.2, -0.15) is 0 Å². The largest absolute Gasteiger partial charge is 0.484 e. The molecule has 6 heteroatoms. The molecule has 1 aromatic carbocycles. The predicted molar refractivity (Wildman–Crippen MR) is 95.8 cm³/mol. The number of amides is 2. The first-order valence-corrected chi connectivity index (χ1v) is 8.90. The standard InChI is InChI=1S/C19H28N2O4/c1-4-5-12-24-19(23)21-10-8-20(9-11-21)18(22)14-25-17-7-6-15(2)13-16(17)3/h6-7,13H,4-5,8-12,14H2,1-3H3. The van der Waals surface area contributed by atoms with Gasteiger partial charge < -0.3 is 19.3 Å². The Bertz CT molecular complexity index is 595. The Balaban J connectivity index is 1.74. The first kappa shape index (κ1) is 19.1. The van der Waals surface area contributed by atoms with Gasteiger partial charge in [-0.05, 0) is 31.9 Å². The van der Waals surface area contributed by atoms with Crippen molar-refractivity contribution in [2.24, 2.45) is 0 Å². The second kappa shape index (κ2) is 9.30. The number of carbonyl (C=O) groups excluding carboxylic acids is 2. The lowest BCUT2D eigenvalue weighted by molar-refractivity contribution is -0.135. The molecule has 25 heavy (non-hydrogen) atoms. The Kier molecular flexibility index (Phi) is 7.10. The molecule has 0 radical (unpaired) electrons. The number of ether oxygens (including phenoxy) is 2. The second-order valence-corrected chi connectivity index (χ2v) is 6.39. The molecular weight excluding hydrogens is 320 g/mol. The lowest BCUT2D eigenvalue weighted by Crippen LogP contribution is -2.51. The minimum atomic E-state index is -0.285. The molecule has 0 aromatic heterocycles. The smallest absolute Gasteiger partial charge is 0.409 e. The van der Waals surface area contributed by atoms with Crippen LogP contribution in [0.25, 0.3) is 0 Å². The molecule has 0 atom stereocenters. The van der Waals surface area contributed by atoms with Crippen LogP contribution < -0.4 is 4.74 Å². The molecular formula is C19H28N2O4. The average molecular weight is 348 g/mol. The van der Waals surface area contributed by atoms with Gasteiger partial charge in [-0.3, -0.25) is 4.79 Å². The number of piperazine rings is 1. The summed E-state index contributed by atoms with van der Waals surface area (Å²) in [7, 11) is 0. The molecule has 1 fully saturated rings. The third kappa shape index (κ3) is 5.66. The van der Waals surface area contributed by atoms with Gasteiger partial charge in [0.15, 0.2) is 6.61 Å². The minimum absolute atomic E-state index is 0.0187. The van der Waals surface area contributed by atoms with Gasteiger partial charge in [-0.15, -0.1) is 0 Å². The zero-order valence-corrected chi connectivity index (χ0v) is 15.4. The number of hydrogen-bond donors (Lipinski definition) is 0. The molecule has 1 aromatic rings. The van der Waals surface area contributed by atoms with Crippen LogP contribution in [0.4, 0.5) is 4.79 Å². The summed E-state index contributed by atoms with van der Waals surface area (Å²) in [4.78, 5) is 27.6. The highest BCUT2D eigenvalue weighted by Gasteiger charge is 2.25. The van der Waals surface area contributed by atoms with Crippen molar-refractivity contribution in [1.82, 2.24) is 9.80 Å². The lowest BCUT2D eigenvalue weighted by Gasteiger charge is -2.34. The van der Waals surface area contributed by atoms with Crippen LogP contribution in [0.1, 0.15) is 30.9 Å². The summed E-state index contributed by atoms with van der Waals surface area (Å²) in [6, 6.07) is 5.89. The molecule has 0 saturated carbocycles. The van der Waals surface area contributed by atoms with Gasteiger partial charge in [0.1, 0.15) is 5.75 Å². The Morgan fingerprint density at radius 3 is 2.40 bits per heavy atom. The fourth-order valence-electron chi connectivity index (χ4n) is 2.73. The quantitative estimate of drug-likeness (QED) is 0.742. The van der Waals surface area contributed by atoms with Crippen LogP contribution in [0, 0.1) is 13.8 Å². The van der Waals surface area contributed by atoms with E-state index in [-0.39, 0.29) is 18.6 Å². The fourth-order valence-corrected chi connectivity index (χ4v) is 2.73. The summed E-state index contributed by atoms with van der Waals surface area (Å²) in [5.74, 6) is 0.677. The normalized spacial score (nSPS) is 14.4. The van der Waals surface area contributed by atoms with E-state index in [1.54, 1.807) is 9.80 Å². The van der Waals surface area contributed by atoms with E-state index in [2.05, 4.69) is 6.92 Å². The topological polar surface area (TPSA) is 59.1 Å². The number of nitrogens with zero attached hydrogens (tertiary/aromatic N) is 2. The maximum absolute atomic E-state index is 12.3. The third-order valence-electron chi connectivity index (χ3n) is 4.30. The van der Waals surface area contributed by atoms with Gasteiger partial charge >= 0.3 is 6.09 Å². The Morgan fingerprint density at radius 2 is 1.76 bits per heavy atom. The van der Waals surface area contributed by atoms with Crippen molar-refractivity contribution in [3.05, 3.63) is 29.3 Å². The summed E-state index contributed by atoms with van der Waals surface area (Å²) in [6.07, 6.45) is 1.59. The van der Waals surface area contributed by atoms with Crippen LogP contribution in [0.5, 0.6) is 5.75 Å². The predicted octanol–water partition coefficient (Wildman–Crippen LogP) is 2.76. The monoisotopic (exact) mass is 348 g/mol. The SMILES string of the molecule is CCCCOC(=O)N1CCN(C(=O)COc2ccc(C)cc2C)CC1. The van der Waals surface area contributed by atoms with Crippen molar-refractivity contribution in [3.63, 3.8) is 0 Å². The van der Waals surface area contributed by atoms with Crippen molar-refractivity contribution < 1.29 is 19.1 Å². The summed E-state index contributed by atoms with van der Waals surface area (Å²) < 4.78 is 10.9. The van der Waals surface area contributed by atoms with Crippen molar-refractivity contribution in [2.45, 2.75) is 33.6 Å². The van der Waals surface area contributed by atoms with E-state index < -0.39 is 0 Å². The molecule has 0 bridgehead atoms. The molecule has 1 saturated heterocycles. The van der Waals surface area contributed by atoms with Gasteiger partial charge in [0.05, 0.1) is 6.61 Å². The van der Waals surface area contributed by atoms with E-state index in [1.165, 1.54) is 0 Å². The molecule has 2 rings (SSSR count). The summed E-state index contributed by atoms with van der Waals surface area (Å²) in [5, 5.41) is 0. The Labute approximate surface area is 149 Å². The highest BCUT2D eigenvalue weighted by atomic mass is 16.6. The number of benzene rings is 1. The summed E-state index contributed by atoms with van der Waals surface area (Å²) in [5.41, 5.74) is 2.19. The first-order valence-electron chi connectivity index (χ1n) is 8.90. The van der Waals surface area contributed by atoms with E-state index in [9.17, 15) is 9.59 Å². The van der Waals surface area contributed by atoms with Gasteiger partial charge in [-0.1, -0.05) is 31.0 Å². The maximum atomic E-state index is 12.3. The van der Waals surface area contributed by atoms with Gasteiger partial charge in [0, 0.05) is 26.2 Å². The molecule has 6 nitrogen and oxygen atoms in total. The van der Waals surface area contributed by atoms with Gasteiger partial charge in [0.2, 0.25) is 0 Å². The van der Waals surface area contributed by atoms with Gasteiger partial charge in [-0.25, -0.2) is 4.79 Å². The van der Waals surface area contributed by atoms with Crippen LogP contribution >= 0.6 is 0 Å². The van der Waals surface area contributed by atoms with E-state index >= 15 is 0 Å². The molecule has 0 spiro atoms. The average Bonchev–Trinajstić information content (AvgIpc) is 2.61. The van der Waals surface area contributed by atoms with Crippen LogP contribution in [0.3, 0.4) is 0 Å². The van der Waals surface area contributed by atoms with Gasteiger partial charge in [0.25, 0.3) is 5.91 Å². The van der Waals surface area contributed by atoms with Crippen LogP contribution in [-0.4, -0.2) is 61.2 Å². The molecule has 1 heterocycles. The minimum Gasteiger partial charge on any atom is -0.484 e. The van der Waals surface area contributed by atoms with Crippen molar-refractivity contribution in [1.29, 1.82) is 0 Å². The number of carbonyl (C=O) groups is 2. The number of hydrogen-bond acceptors (Lipinski definition) is 4.